The average Bonchev–Trinajstić information content (AvgIpc) is 3.15. The van der Waals surface area contributed by atoms with Crippen LogP contribution in [0, 0.1) is 20.8 Å². The molecule has 0 aliphatic heterocycles. The predicted octanol–water partition coefficient (Wildman–Crippen LogP) is 6.83. The molecule has 1 heterocycles. The summed E-state index contributed by atoms with van der Waals surface area (Å²) in [5.74, 6) is -0.107. The van der Waals surface area contributed by atoms with Crippen LogP contribution in [0.4, 0.5) is 5.00 Å². The van der Waals surface area contributed by atoms with E-state index >= 15 is 0 Å². The number of hydrogen-bond donors (Lipinski definition) is 1. The molecule has 0 aliphatic carbocycles. The van der Waals surface area contributed by atoms with Crippen LogP contribution < -0.4 is 10.1 Å². The van der Waals surface area contributed by atoms with Gasteiger partial charge < -0.3 is 14.8 Å². The first-order chi connectivity index (χ1) is 16.0. The van der Waals surface area contributed by atoms with Crippen LogP contribution in [0.25, 0.3) is 11.1 Å². The van der Waals surface area contributed by atoms with Gasteiger partial charge in [0, 0.05) is 10.9 Å². The van der Waals surface area contributed by atoms with Gasteiger partial charge in [-0.1, -0.05) is 62.2 Å². The zero-order chi connectivity index (χ0) is 25.0. The molecule has 0 radical (unpaired) electrons. The van der Waals surface area contributed by atoms with E-state index in [1.807, 2.05) is 50.4 Å². The van der Waals surface area contributed by atoms with Crippen molar-refractivity contribution < 1.29 is 19.1 Å². The van der Waals surface area contributed by atoms with Crippen LogP contribution in [-0.4, -0.2) is 25.1 Å². The fourth-order valence-corrected chi connectivity index (χ4v) is 4.80. The smallest absolute Gasteiger partial charge is 0.341 e. The van der Waals surface area contributed by atoms with Crippen LogP contribution in [0.2, 0.25) is 0 Å². The van der Waals surface area contributed by atoms with Crippen LogP contribution in [0.3, 0.4) is 0 Å². The lowest BCUT2D eigenvalue weighted by Gasteiger charge is -2.23. The molecule has 6 heteroatoms. The Hall–Kier alpha value is -3.12. The van der Waals surface area contributed by atoms with Crippen molar-refractivity contribution in [2.45, 2.75) is 53.9 Å². The Morgan fingerprint density at radius 3 is 2.29 bits per heavy atom. The van der Waals surface area contributed by atoms with Crippen molar-refractivity contribution in [3.05, 3.63) is 69.6 Å². The van der Waals surface area contributed by atoms with Crippen molar-refractivity contribution in [3.63, 3.8) is 0 Å². The summed E-state index contributed by atoms with van der Waals surface area (Å²) in [6.45, 7) is 14.3. The van der Waals surface area contributed by atoms with Crippen LogP contribution >= 0.6 is 11.3 Å². The molecule has 0 saturated heterocycles. The number of hydrogen-bond acceptors (Lipinski definition) is 5. The summed E-state index contributed by atoms with van der Waals surface area (Å²) in [5, 5.41) is 5.21. The molecule has 1 amide bonds. The summed E-state index contributed by atoms with van der Waals surface area (Å²) in [7, 11) is 0. The van der Waals surface area contributed by atoms with Gasteiger partial charge in [-0.2, -0.15) is 0 Å². The maximum Gasteiger partial charge on any atom is 0.341 e. The second-order valence-electron chi connectivity index (χ2n) is 9.48. The molecule has 1 N–H and O–H groups in total. The molecule has 3 rings (SSSR count). The van der Waals surface area contributed by atoms with E-state index in [0.29, 0.717) is 16.3 Å². The highest BCUT2D eigenvalue weighted by molar-refractivity contribution is 7.15. The van der Waals surface area contributed by atoms with Gasteiger partial charge in [0.05, 0.1) is 6.61 Å². The van der Waals surface area contributed by atoms with Gasteiger partial charge in [-0.05, 0) is 55.9 Å². The lowest BCUT2D eigenvalue weighted by Crippen LogP contribution is -2.22. The van der Waals surface area contributed by atoms with Crippen molar-refractivity contribution in [3.8, 4) is 16.9 Å². The molecule has 34 heavy (non-hydrogen) atoms. The van der Waals surface area contributed by atoms with E-state index in [4.69, 9.17) is 9.47 Å². The second kappa shape index (κ2) is 10.4. The third-order valence-electron chi connectivity index (χ3n) is 5.50. The number of rotatable bonds is 7. The molecule has 0 saturated carbocycles. The number of amides is 1. The molecule has 1 aromatic heterocycles. The highest BCUT2D eigenvalue weighted by Gasteiger charge is 2.24. The van der Waals surface area contributed by atoms with Gasteiger partial charge in [-0.15, -0.1) is 11.3 Å². The zero-order valence-corrected chi connectivity index (χ0v) is 21.8. The van der Waals surface area contributed by atoms with Gasteiger partial charge in [0.2, 0.25) is 0 Å². The third kappa shape index (κ3) is 5.86. The number of ether oxygens (including phenoxy) is 2. The van der Waals surface area contributed by atoms with Gasteiger partial charge >= 0.3 is 5.97 Å². The van der Waals surface area contributed by atoms with Gasteiger partial charge in [0.25, 0.3) is 5.91 Å². The SMILES string of the molecule is CCOC(=O)c1c(-c2ccc(C)cc2C)csc1NC(=O)COc1ccc(C)cc1C(C)(C)C. The fraction of sp³-hybridized carbons (Fsp3) is 0.357. The summed E-state index contributed by atoms with van der Waals surface area (Å²) in [4.78, 5) is 25.7. The van der Waals surface area contributed by atoms with Crippen LogP contribution in [0.15, 0.2) is 41.8 Å². The van der Waals surface area contributed by atoms with E-state index < -0.39 is 5.97 Å². The topological polar surface area (TPSA) is 64.6 Å². The second-order valence-corrected chi connectivity index (χ2v) is 10.4. The number of anilines is 1. The molecule has 0 fully saturated rings. The molecule has 5 nitrogen and oxygen atoms in total. The monoisotopic (exact) mass is 479 g/mol. The molecule has 0 spiro atoms. The van der Waals surface area contributed by atoms with Gasteiger partial charge in [-0.25, -0.2) is 4.79 Å². The number of thiophene rings is 1. The van der Waals surface area contributed by atoms with Crippen molar-refractivity contribution in [1.82, 2.24) is 0 Å². The summed E-state index contributed by atoms with van der Waals surface area (Å²) in [6.07, 6.45) is 0. The van der Waals surface area contributed by atoms with E-state index in [1.54, 1.807) is 6.92 Å². The third-order valence-corrected chi connectivity index (χ3v) is 6.39. The molecule has 0 atom stereocenters. The lowest BCUT2D eigenvalue weighted by molar-refractivity contribution is -0.118. The number of carbonyl (C=O) groups is 2. The summed E-state index contributed by atoms with van der Waals surface area (Å²) in [5.41, 5.74) is 6.33. The Bertz CT molecular complexity index is 1200. The number of carbonyl (C=O) groups excluding carboxylic acids is 2. The molecule has 0 unspecified atom stereocenters. The van der Waals surface area contributed by atoms with Crippen LogP contribution in [0.1, 0.15) is 60.3 Å². The first-order valence-corrected chi connectivity index (χ1v) is 12.3. The minimum absolute atomic E-state index is 0.122. The van der Waals surface area contributed by atoms with E-state index in [-0.39, 0.29) is 24.5 Å². The molecule has 3 aromatic rings. The van der Waals surface area contributed by atoms with E-state index in [2.05, 4.69) is 38.2 Å². The highest BCUT2D eigenvalue weighted by atomic mass is 32.1. The van der Waals surface area contributed by atoms with E-state index in [1.165, 1.54) is 11.3 Å². The number of aryl methyl sites for hydroxylation is 3. The molecule has 0 bridgehead atoms. The zero-order valence-electron chi connectivity index (χ0n) is 21.0. The summed E-state index contributed by atoms with van der Waals surface area (Å²) in [6, 6.07) is 12.0. The van der Waals surface area contributed by atoms with Crippen molar-refractivity contribution in [1.29, 1.82) is 0 Å². The summed E-state index contributed by atoms with van der Waals surface area (Å²) < 4.78 is 11.2. The first-order valence-electron chi connectivity index (χ1n) is 11.4. The number of esters is 1. The Morgan fingerprint density at radius 2 is 1.65 bits per heavy atom. The van der Waals surface area contributed by atoms with Crippen molar-refractivity contribution >= 4 is 28.2 Å². The minimum atomic E-state index is -0.455. The van der Waals surface area contributed by atoms with Crippen molar-refractivity contribution in [2.75, 3.05) is 18.5 Å². The van der Waals surface area contributed by atoms with E-state index in [9.17, 15) is 9.59 Å². The highest BCUT2D eigenvalue weighted by Crippen LogP contribution is 2.38. The maximum atomic E-state index is 12.8. The quantitative estimate of drug-likeness (QED) is 0.377. The van der Waals surface area contributed by atoms with Gasteiger partial charge in [-0.3, -0.25) is 4.79 Å². The van der Waals surface area contributed by atoms with Crippen LogP contribution in [0.5, 0.6) is 5.75 Å². The van der Waals surface area contributed by atoms with Gasteiger partial charge in [0.15, 0.2) is 6.61 Å². The lowest BCUT2D eigenvalue weighted by atomic mass is 9.85. The Balaban J connectivity index is 1.85. The average molecular weight is 480 g/mol. The molecular weight excluding hydrogens is 446 g/mol. The molecular formula is C28H33NO4S. The predicted molar refractivity (Wildman–Crippen MR) is 139 cm³/mol. The Morgan fingerprint density at radius 1 is 0.971 bits per heavy atom. The first kappa shape index (κ1) is 25.5. The van der Waals surface area contributed by atoms with Crippen molar-refractivity contribution in [2.24, 2.45) is 0 Å². The minimum Gasteiger partial charge on any atom is -0.483 e. The number of nitrogens with one attached hydrogen (secondary N) is 1. The number of benzene rings is 2. The Kier molecular flexibility index (Phi) is 7.82. The maximum absolute atomic E-state index is 12.8. The van der Waals surface area contributed by atoms with Gasteiger partial charge in [0.1, 0.15) is 16.3 Å². The van der Waals surface area contributed by atoms with E-state index in [0.717, 1.165) is 33.4 Å². The normalized spacial score (nSPS) is 11.3. The largest absolute Gasteiger partial charge is 0.483 e. The molecule has 180 valence electrons. The molecule has 2 aromatic carbocycles. The standard InChI is InChI=1S/C28H33NO4S/c1-8-32-27(31)25-21(20-11-9-17(2)13-19(20)4)16-34-26(25)29-24(30)15-33-23-12-10-18(3)14-22(23)28(5,6)7/h9-14,16H,8,15H2,1-7H3,(H,29,30). The Labute approximate surface area is 206 Å². The van der Waals surface area contributed by atoms with Crippen LogP contribution in [-0.2, 0) is 14.9 Å². The fourth-order valence-electron chi connectivity index (χ4n) is 3.83. The molecule has 0 aliphatic rings. The summed E-state index contributed by atoms with van der Waals surface area (Å²) >= 11 is 1.31.